The van der Waals surface area contributed by atoms with Crippen molar-refractivity contribution in [3.63, 3.8) is 0 Å². The zero-order valence-corrected chi connectivity index (χ0v) is 12.5. The molecule has 6 nitrogen and oxygen atoms in total. The van der Waals surface area contributed by atoms with Gasteiger partial charge in [0.1, 0.15) is 11.9 Å². The van der Waals surface area contributed by atoms with Gasteiger partial charge in [-0.2, -0.15) is 0 Å². The van der Waals surface area contributed by atoms with Gasteiger partial charge >= 0.3 is 0 Å². The highest BCUT2D eigenvalue weighted by Crippen LogP contribution is 2.35. The Kier molecular flexibility index (Phi) is 3.89. The maximum Gasteiger partial charge on any atom is 0.291 e. The van der Waals surface area contributed by atoms with E-state index in [9.17, 15) is 10.1 Å². The molecule has 7 heteroatoms. The summed E-state index contributed by atoms with van der Waals surface area (Å²) in [6.45, 7) is 3.49. The molecule has 2 rings (SSSR count). The van der Waals surface area contributed by atoms with Gasteiger partial charge < -0.3 is 10.5 Å². The summed E-state index contributed by atoms with van der Waals surface area (Å²) in [6, 6.07) is 5.23. The zero-order valence-electron chi connectivity index (χ0n) is 10.9. The summed E-state index contributed by atoms with van der Waals surface area (Å²) in [7, 11) is 0. The van der Waals surface area contributed by atoms with Crippen LogP contribution in [0.25, 0.3) is 0 Å². The molecule has 1 heterocycles. The lowest BCUT2D eigenvalue weighted by atomic mass is 10.2. The number of aryl methyl sites for hydroxylation is 1. The van der Waals surface area contributed by atoms with Crippen molar-refractivity contribution in [3.05, 3.63) is 50.1 Å². The fourth-order valence-corrected chi connectivity index (χ4v) is 2.08. The van der Waals surface area contributed by atoms with Crippen molar-refractivity contribution in [1.29, 1.82) is 0 Å². The zero-order chi connectivity index (χ0) is 14.9. The molecular weight excluding hydrogens is 326 g/mol. The van der Waals surface area contributed by atoms with Gasteiger partial charge in [0, 0.05) is 11.3 Å². The molecule has 0 bridgehead atoms. The van der Waals surface area contributed by atoms with E-state index >= 15 is 0 Å². The number of rotatable bonds is 3. The number of benzene rings is 1. The number of pyridine rings is 1. The molecule has 0 aliphatic carbocycles. The SMILES string of the molecule is Cc1cc(N)ccc1Oc1ncc([N+](=O)[O-])c(C)c1Br. The molecule has 1 aromatic heterocycles. The van der Waals surface area contributed by atoms with Crippen LogP contribution in [0.2, 0.25) is 0 Å². The topological polar surface area (TPSA) is 91.3 Å². The summed E-state index contributed by atoms with van der Waals surface area (Å²) in [5.41, 5.74) is 7.58. The first-order valence-corrected chi connectivity index (χ1v) is 6.53. The second-order valence-electron chi connectivity index (χ2n) is 4.27. The van der Waals surface area contributed by atoms with Crippen LogP contribution in [0.3, 0.4) is 0 Å². The number of halogens is 1. The van der Waals surface area contributed by atoms with Crippen LogP contribution in [-0.4, -0.2) is 9.91 Å². The van der Waals surface area contributed by atoms with Crippen LogP contribution < -0.4 is 10.5 Å². The molecule has 0 spiro atoms. The second-order valence-corrected chi connectivity index (χ2v) is 5.06. The first-order valence-electron chi connectivity index (χ1n) is 5.73. The molecule has 2 N–H and O–H groups in total. The van der Waals surface area contributed by atoms with E-state index in [0.29, 0.717) is 21.5 Å². The van der Waals surface area contributed by atoms with Gasteiger partial charge in [0.05, 0.1) is 9.40 Å². The van der Waals surface area contributed by atoms with Gasteiger partial charge in [-0.1, -0.05) is 0 Å². The minimum atomic E-state index is -0.481. The summed E-state index contributed by atoms with van der Waals surface area (Å²) in [5.74, 6) is 0.877. The third-order valence-corrected chi connectivity index (χ3v) is 3.74. The quantitative estimate of drug-likeness (QED) is 0.523. The summed E-state index contributed by atoms with van der Waals surface area (Å²) >= 11 is 3.28. The summed E-state index contributed by atoms with van der Waals surface area (Å²) in [5, 5.41) is 10.8. The van der Waals surface area contributed by atoms with Crippen molar-refractivity contribution in [2.75, 3.05) is 5.73 Å². The highest BCUT2D eigenvalue weighted by atomic mass is 79.9. The predicted molar refractivity (Wildman–Crippen MR) is 79.0 cm³/mol. The van der Waals surface area contributed by atoms with Crippen LogP contribution in [0, 0.1) is 24.0 Å². The summed E-state index contributed by atoms with van der Waals surface area (Å²) in [6.07, 6.45) is 1.18. The number of ether oxygens (including phenoxy) is 1. The molecule has 0 saturated heterocycles. The average molecular weight is 338 g/mol. The number of nitro groups is 1. The van der Waals surface area contributed by atoms with E-state index in [0.717, 1.165) is 5.56 Å². The maximum atomic E-state index is 10.8. The molecule has 20 heavy (non-hydrogen) atoms. The lowest BCUT2D eigenvalue weighted by Gasteiger charge is -2.11. The lowest BCUT2D eigenvalue weighted by molar-refractivity contribution is -0.385. The van der Waals surface area contributed by atoms with Gasteiger partial charge in [-0.15, -0.1) is 0 Å². The van der Waals surface area contributed by atoms with Gasteiger partial charge in [-0.3, -0.25) is 10.1 Å². The Balaban J connectivity index is 2.39. The normalized spacial score (nSPS) is 10.3. The molecular formula is C13H12BrN3O3. The Morgan fingerprint density at radius 3 is 2.70 bits per heavy atom. The number of hydrogen-bond donors (Lipinski definition) is 1. The number of nitrogen functional groups attached to an aromatic ring is 1. The monoisotopic (exact) mass is 337 g/mol. The van der Waals surface area contributed by atoms with E-state index in [1.165, 1.54) is 6.20 Å². The Morgan fingerprint density at radius 2 is 2.10 bits per heavy atom. The summed E-state index contributed by atoms with van der Waals surface area (Å²) < 4.78 is 6.14. The number of anilines is 1. The Hall–Kier alpha value is -2.15. The third kappa shape index (κ3) is 2.72. The number of hydrogen-bond acceptors (Lipinski definition) is 5. The van der Waals surface area contributed by atoms with Crippen molar-refractivity contribution in [2.45, 2.75) is 13.8 Å². The smallest absolute Gasteiger partial charge is 0.291 e. The van der Waals surface area contributed by atoms with Gasteiger partial charge in [0.2, 0.25) is 5.88 Å². The van der Waals surface area contributed by atoms with Crippen LogP contribution in [-0.2, 0) is 0 Å². The predicted octanol–water partition coefficient (Wildman–Crippen LogP) is 3.74. The molecule has 0 unspecified atom stereocenters. The van der Waals surface area contributed by atoms with E-state index in [1.807, 2.05) is 6.92 Å². The van der Waals surface area contributed by atoms with Gasteiger partial charge in [0.15, 0.2) is 0 Å². The van der Waals surface area contributed by atoms with Crippen molar-refractivity contribution in [3.8, 4) is 11.6 Å². The molecule has 104 valence electrons. The lowest BCUT2D eigenvalue weighted by Crippen LogP contribution is -1.98. The van der Waals surface area contributed by atoms with Crippen molar-refractivity contribution in [2.24, 2.45) is 0 Å². The molecule has 0 fully saturated rings. The van der Waals surface area contributed by atoms with Crippen LogP contribution in [0.1, 0.15) is 11.1 Å². The average Bonchev–Trinajstić information content (AvgIpc) is 2.37. The molecule has 1 aromatic carbocycles. The number of nitrogens with zero attached hydrogens (tertiary/aromatic N) is 2. The highest BCUT2D eigenvalue weighted by Gasteiger charge is 2.18. The van der Waals surface area contributed by atoms with Gasteiger partial charge in [-0.05, 0) is 53.5 Å². The van der Waals surface area contributed by atoms with E-state index in [2.05, 4.69) is 20.9 Å². The van der Waals surface area contributed by atoms with Crippen LogP contribution >= 0.6 is 15.9 Å². The fourth-order valence-electron chi connectivity index (χ4n) is 1.69. The van der Waals surface area contributed by atoms with E-state index < -0.39 is 4.92 Å². The van der Waals surface area contributed by atoms with E-state index in [1.54, 1.807) is 25.1 Å². The number of nitrogens with two attached hydrogens (primary N) is 1. The fraction of sp³-hybridized carbons (Fsp3) is 0.154. The Bertz CT molecular complexity index is 689. The van der Waals surface area contributed by atoms with E-state index in [4.69, 9.17) is 10.5 Å². The third-order valence-electron chi connectivity index (χ3n) is 2.81. The van der Waals surface area contributed by atoms with Crippen LogP contribution in [0.15, 0.2) is 28.9 Å². The van der Waals surface area contributed by atoms with Crippen LogP contribution in [0.4, 0.5) is 11.4 Å². The molecule has 0 radical (unpaired) electrons. The second kappa shape index (κ2) is 5.46. The van der Waals surface area contributed by atoms with Crippen LogP contribution in [0.5, 0.6) is 11.6 Å². The molecule has 2 aromatic rings. The molecule has 0 aliphatic heterocycles. The van der Waals surface area contributed by atoms with Crippen molar-refractivity contribution < 1.29 is 9.66 Å². The standard InChI is InChI=1S/C13H12BrN3O3/c1-7-5-9(15)3-4-11(7)20-13-12(14)8(2)10(6-16-13)17(18)19/h3-6H,15H2,1-2H3. The molecule has 0 saturated carbocycles. The largest absolute Gasteiger partial charge is 0.438 e. The first kappa shape index (κ1) is 14.3. The minimum Gasteiger partial charge on any atom is -0.438 e. The molecule has 0 aliphatic rings. The molecule has 0 amide bonds. The highest BCUT2D eigenvalue weighted by molar-refractivity contribution is 9.10. The Morgan fingerprint density at radius 1 is 1.40 bits per heavy atom. The van der Waals surface area contributed by atoms with Gasteiger partial charge in [0.25, 0.3) is 5.69 Å². The first-order chi connectivity index (χ1) is 9.40. The Labute approximate surface area is 123 Å². The van der Waals surface area contributed by atoms with Crippen molar-refractivity contribution in [1.82, 2.24) is 4.98 Å². The molecule has 0 atom stereocenters. The minimum absolute atomic E-state index is 0.0572. The summed E-state index contributed by atoms with van der Waals surface area (Å²) in [4.78, 5) is 14.3. The maximum absolute atomic E-state index is 10.8. The number of aromatic nitrogens is 1. The van der Waals surface area contributed by atoms with Gasteiger partial charge in [-0.25, -0.2) is 4.98 Å². The van der Waals surface area contributed by atoms with Crippen molar-refractivity contribution >= 4 is 27.3 Å². The van der Waals surface area contributed by atoms with E-state index in [-0.39, 0.29) is 11.6 Å².